The van der Waals surface area contributed by atoms with E-state index >= 15 is 0 Å². The summed E-state index contributed by atoms with van der Waals surface area (Å²) < 4.78 is 0. The number of nitrogens with one attached hydrogen (secondary N) is 3. The quantitative estimate of drug-likeness (QED) is 0.277. The average Bonchev–Trinajstić information content (AvgIpc) is 3.12. The maximum absolute atomic E-state index is 12.2. The van der Waals surface area contributed by atoms with Crippen LogP contribution in [-0.4, -0.2) is 54.0 Å². The molecule has 31 heavy (non-hydrogen) atoms. The van der Waals surface area contributed by atoms with Crippen LogP contribution in [-0.2, 0) is 9.59 Å². The highest BCUT2D eigenvalue weighted by molar-refractivity contribution is 5.96. The summed E-state index contributed by atoms with van der Waals surface area (Å²) in [5.41, 5.74) is 5.61. The number of rotatable bonds is 8. The maximum atomic E-state index is 12.2. The number of carbonyl (C=O) groups excluding carboxylic acids is 1. The molecule has 1 aromatic carbocycles. The summed E-state index contributed by atoms with van der Waals surface area (Å²) in [4.78, 5) is 58.6. The number of fused-ring (bicyclic) bond motifs is 1. The van der Waals surface area contributed by atoms with Crippen molar-refractivity contribution >= 4 is 46.6 Å². The van der Waals surface area contributed by atoms with Crippen LogP contribution in [0.25, 0.3) is 11.2 Å². The Labute approximate surface area is 172 Å². The van der Waals surface area contributed by atoms with E-state index < -0.39 is 35.9 Å². The van der Waals surface area contributed by atoms with Gasteiger partial charge in [-0.05, 0) is 30.7 Å². The third-order valence-corrected chi connectivity index (χ3v) is 4.01. The number of nitrogens with zero attached hydrogens (tertiary/aromatic N) is 4. The van der Waals surface area contributed by atoms with Gasteiger partial charge in [-0.25, -0.2) is 4.79 Å². The number of aromatic amines is 2. The van der Waals surface area contributed by atoms with Gasteiger partial charge < -0.3 is 26.2 Å². The molecule has 1 atom stereocenters. The zero-order valence-corrected chi connectivity index (χ0v) is 15.7. The molecule has 2 heterocycles. The van der Waals surface area contributed by atoms with Crippen LogP contribution in [0.15, 0.2) is 39.3 Å². The highest BCUT2D eigenvalue weighted by atomic mass is 16.4. The summed E-state index contributed by atoms with van der Waals surface area (Å²) in [5, 5.41) is 27.8. The fourth-order valence-electron chi connectivity index (χ4n) is 2.51. The average molecular weight is 428 g/mol. The largest absolute Gasteiger partial charge is 0.481 e. The van der Waals surface area contributed by atoms with Crippen LogP contribution in [0.4, 0.5) is 17.6 Å². The van der Waals surface area contributed by atoms with E-state index in [9.17, 15) is 19.2 Å². The molecule has 0 radical (unpaired) electrons. The van der Waals surface area contributed by atoms with Gasteiger partial charge >= 0.3 is 11.9 Å². The standard InChI is InChI=1S/C17H16N8O6/c18-16-21-12-11(14(29)23-16)20-17(22-12)25-24-8-3-1-7(2-4-8)13(28)19-9(15(30)31)5-6-10(26)27/h1-4,9H,5-6H2,(H,19,28)(H,26,27)(H,30,31)(H4,18,20,21,22,23,29). The van der Waals surface area contributed by atoms with Crippen molar-refractivity contribution < 1.29 is 24.6 Å². The van der Waals surface area contributed by atoms with Crippen LogP contribution in [0.1, 0.15) is 23.2 Å². The smallest absolute Gasteiger partial charge is 0.326 e. The number of nitrogen functional groups attached to an aromatic ring is 1. The minimum Gasteiger partial charge on any atom is -0.481 e. The van der Waals surface area contributed by atoms with E-state index in [4.69, 9.17) is 15.9 Å². The number of carboxylic acid groups (broad SMARTS) is 2. The van der Waals surface area contributed by atoms with E-state index in [2.05, 4.69) is 35.5 Å². The number of imidazole rings is 1. The lowest BCUT2D eigenvalue weighted by molar-refractivity contribution is -0.140. The number of nitrogens with two attached hydrogens (primary N) is 1. The molecular formula is C17H16N8O6. The Balaban J connectivity index is 1.69. The second-order valence-corrected chi connectivity index (χ2v) is 6.25. The van der Waals surface area contributed by atoms with Gasteiger partial charge in [0.1, 0.15) is 6.04 Å². The predicted octanol–water partition coefficient (Wildman–Crippen LogP) is 0.692. The summed E-state index contributed by atoms with van der Waals surface area (Å²) in [6.07, 6.45) is -0.643. The molecular weight excluding hydrogens is 412 g/mol. The number of carbonyl (C=O) groups is 3. The number of hydrogen-bond donors (Lipinski definition) is 6. The first-order valence-corrected chi connectivity index (χ1v) is 8.75. The van der Waals surface area contributed by atoms with E-state index in [1.54, 1.807) is 0 Å². The Morgan fingerprint density at radius 2 is 1.81 bits per heavy atom. The van der Waals surface area contributed by atoms with Crippen molar-refractivity contribution in [3.05, 3.63) is 40.2 Å². The van der Waals surface area contributed by atoms with Gasteiger partial charge in [0, 0.05) is 12.0 Å². The first kappa shape index (κ1) is 21.1. The van der Waals surface area contributed by atoms with Crippen molar-refractivity contribution in [3.63, 3.8) is 0 Å². The molecule has 0 aliphatic rings. The molecule has 3 aromatic rings. The molecule has 160 valence electrons. The molecule has 0 spiro atoms. The Kier molecular flexibility index (Phi) is 6.00. The number of benzene rings is 1. The van der Waals surface area contributed by atoms with E-state index in [1.165, 1.54) is 24.3 Å². The monoisotopic (exact) mass is 428 g/mol. The summed E-state index contributed by atoms with van der Waals surface area (Å²) in [5.74, 6) is -3.25. The highest BCUT2D eigenvalue weighted by Crippen LogP contribution is 2.18. The molecule has 0 aliphatic carbocycles. The third kappa shape index (κ3) is 5.26. The van der Waals surface area contributed by atoms with Gasteiger partial charge in [-0.2, -0.15) is 9.97 Å². The van der Waals surface area contributed by atoms with Crippen LogP contribution in [0, 0.1) is 0 Å². The van der Waals surface area contributed by atoms with E-state index in [0.717, 1.165) is 0 Å². The van der Waals surface area contributed by atoms with Crippen molar-refractivity contribution in [2.24, 2.45) is 10.2 Å². The van der Waals surface area contributed by atoms with Gasteiger partial charge in [0.2, 0.25) is 11.9 Å². The summed E-state index contributed by atoms with van der Waals surface area (Å²) in [6.45, 7) is 0. The highest BCUT2D eigenvalue weighted by Gasteiger charge is 2.21. The number of hydrogen-bond acceptors (Lipinski definition) is 9. The minimum atomic E-state index is -1.33. The Hall–Kier alpha value is -4.62. The Morgan fingerprint density at radius 1 is 1.10 bits per heavy atom. The van der Waals surface area contributed by atoms with E-state index in [-0.39, 0.29) is 35.0 Å². The molecule has 7 N–H and O–H groups in total. The molecule has 1 amide bonds. The minimum absolute atomic E-state index is 0.0168. The molecule has 0 fully saturated rings. The van der Waals surface area contributed by atoms with Crippen molar-refractivity contribution in [1.29, 1.82) is 0 Å². The molecule has 0 saturated carbocycles. The lowest BCUT2D eigenvalue weighted by Crippen LogP contribution is -2.41. The van der Waals surface area contributed by atoms with Crippen LogP contribution >= 0.6 is 0 Å². The van der Waals surface area contributed by atoms with Gasteiger partial charge in [-0.15, -0.1) is 10.2 Å². The summed E-state index contributed by atoms with van der Waals surface area (Å²) in [6, 6.07) is 4.37. The number of aliphatic carboxylic acids is 2. The van der Waals surface area contributed by atoms with Gasteiger partial charge in [0.05, 0.1) is 5.69 Å². The van der Waals surface area contributed by atoms with Crippen molar-refractivity contribution in [3.8, 4) is 0 Å². The molecule has 3 rings (SSSR count). The fourth-order valence-corrected chi connectivity index (χ4v) is 2.51. The van der Waals surface area contributed by atoms with Crippen molar-refractivity contribution in [2.45, 2.75) is 18.9 Å². The zero-order valence-electron chi connectivity index (χ0n) is 15.7. The van der Waals surface area contributed by atoms with Crippen LogP contribution in [0.5, 0.6) is 0 Å². The fraction of sp³-hybridized carbons (Fsp3) is 0.176. The molecule has 14 heteroatoms. The SMILES string of the molecule is Nc1nc2nc(N=Nc3ccc(C(=O)NC(CCC(=O)O)C(=O)O)cc3)[nH]c2c(=O)[nH]1. The maximum Gasteiger partial charge on any atom is 0.326 e. The van der Waals surface area contributed by atoms with Gasteiger partial charge in [0.25, 0.3) is 11.5 Å². The van der Waals surface area contributed by atoms with Crippen molar-refractivity contribution in [1.82, 2.24) is 25.3 Å². The van der Waals surface area contributed by atoms with Gasteiger partial charge in [-0.3, -0.25) is 19.4 Å². The van der Waals surface area contributed by atoms with Crippen LogP contribution in [0.2, 0.25) is 0 Å². The normalized spacial score (nSPS) is 12.1. The third-order valence-electron chi connectivity index (χ3n) is 4.01. The zero-order chi connectivity index (χ0) is 22.5. The molecule has 2 aromatic heterocycles. The predicted molar refractivity (Wildman–Crippen MR) is 105 cm³/mol. The molecule has 0 bridgehead atoms. The number of aromatic nitrogens is 4. The summed E-state index contributed by atoms with van der Waals surface area (Å²) >= 11 is 0. The second kappa shape index (κ2) is 8.81. The topological polar surface area (TPSA) is 229 Å². The summed E-state index contributed by atoms with van der Waals surface area (Å²) in [7, 11) is 0. The van der Waals surface area contributed by atoms with Gasteiger partial charge in [0.15, 0.2) is 11.2 Å². The number of H-pyrrole nitrogens is 2. The van der Waals surface area contributed by atoms with Gasteiger partial charge in [-0.1, -0.05) is 0 Å². The van der Waals surface area contributed by atoms with Crippen LogP contribution in [0.3, 0.4) is 0 Å². The van der Waals surface area contributed by atoms with Crippen LogP contribution < -0.4 is 16.6 Å². The van der Waals surface area contributed by atoms with E-state index in [0.29, 0.717) is 5.69 Å². The Bertz CT molecular complexity index is 1230. The second-order valence-electron chi connectivity index (χ2n) is 6.25. The molecule has 1 unspecified atom stereocenters. The number of azo groups is 1. The number of anilines is 1. The molecule has 0 saturated heterocycles. The lowest BCUT2D eigenvalue weighted by atomic mass is 10.1. The molecule has 14 nitrogen and oxygen atoms in total. The first-order chi connectivity index (χ1) is 14.7. The lowest BCUT2D eigenvalue weighted by Gasteiger charge is -2.13. The number of amides is 1. The number of carboxylic acids is 2. The Morgan fingerprint density at radius 3 is 2.45 bits per heavy atom. The first-order valence-electron chi connectivity index (χ1n) is 8.75. The molecule has 0 aliphatic heterocycles. The van der Waals surface area contributed by atoms with Crippen molar-refractivity contribution in [2.75, 3.05) is 5.73 Å². The van der Waals surface area contributed by atoms with E-state index in [1.807, 2.05) is 0 Å².